The van der Waals surface area contributed by atoms with Crippen molar-refractivity contribution < 1.29 is 4.42 Å². The molecule has 0 radical (unpaired) electrons. The Kier molecular flexibility index (Phi) is 2.31. The molecule has 3 heteroatoms. The largest absolute Gasteiger partial charge is 0.423 e. The number of aromatic nitrogens is 2. The third-order valence-corrected chi connectivity index (χ3v) is 2.16. The summed E-state index contributed by atoms with van der Waals surface area (Å²) in [6.07, 6.45) is 1.34. The third-order valence-electron chi connectivity index (χ3n) is 2.16. The summed E-state index contributed by atoms with van der Waals surface area (Å²) in [5.41, 5.74) is 2.26. The van der Waals surface area contributed by atoms with Gasteiger partial charge in [-0.1, -0.05) is 26.0 Å². The lowest BCUT2D eigenvalue weighted by molar-refractivity contribution is 0.568. The Hall–Kier alpha value is -1.64. The van der Waals surface area contributed by atoms with Crippen LogP contribution in [-0.4, -0.2) is 10.2 Å². The number of hydrogen-bond acceptors (Lipinski definition) is 3. The van der Waals surface area contributed by atoms with Crippen LogP contribution in [0.4, 0.5) is 0 Å². The van der Waals surface area contributed by atoms with Gasteiger partial charge in [0.15, 0.2) is 0 Å². The highest BCUT2D eigenvalue weighted by Crippen LogP contribution is 2.21. The van der Waals surface area contributed by atoms with E-state index in [2.05, 4.69) is 36.2 Å². The molecule has 0 N–H and O–H groups in total. The lowest BCUT2D eigenvalue weighted by Crippen LogP contribution is -1.87. The van der Waals surface area contributed by atoms with Gasteiger partial charge in [-0.2, -0.15) is 0 Å². The molecule has 0 aliphatic heterocycles. The van der Waals surface area contributed by atoms with Gasteiger partial charge in [-0.3, -0.25) is 0 Å². The van der Waals surface area contributed by atoms with Gasteiger partial charge in [-0.25, -0.2) is 0 Å². The second-order valence-corrected chi connectivity index (χ2v) is 3.52. The maximum absolute atomic E-state index is 5.13. The molecule has 0 atom stereocenters. The van der Waals surface area contributed by atoms with Crippen molar-refractivity contribution >= 4 is 0 Å². The number of nitrogens with zero attached hydrogens (tertiary/aromatic N) is 2. The van der Waals surface area contributed by atoms with E-state index in [9.17, 15) is 0 Å². The lowest BCUT2D eigenvalue weighted by Gasteiger charge is -2.05. The molecule has 0 aliphatic rings. The molecule has 14 heavy (non-hydrogen) atoms. The maximum atomic E-state index is 5.13. The molecule has 0 aliphatic carbocycles. The fraction of sp³-hybridized carbons (Fsp3) is 0.273. The van der Waals surface area contributed by atoms with Gasteiger partial charge in [-0.15, -0.1) is 10.2 Å². The van der Waals surface area contributed by atoms with Crippen LogP contribution < -0.4 is 0 Å². The summed E-state index contributed by atoms with van der Waals surface area (Å²) in [6, 6.07) is 8.16. The summed E-state index contributed by atoms with van der Waals surface area (Å²) in [4.78, 5) is 0. The first-order valence-corrected chi connectivity index (χ1v) is 4.64. The third kappa shape index (κ3) is 1.66. The SMILES string of the molecule is CC(C)c1cccc(-c2nnco2)c1. The average Bonchev–Trinajstić information content (AvgIpc) is 2.71. The van der Waals surface area contributed by atoms with Gasteiger partial charge in [0.05, 0.1) is 0 Å². The first kappa shape index (κ1) is 8.94. The second kappa shape index (κ2) is 3.62. The predicted molar refractivity (Wildman–Crippen MR) is 53.8 cm³/mol. The van der Waals surface area contributed by atoms with Crippen LogP contribution in [0.2, 0.25) is 0 Å². The second-order valence-electron chi connectivity index (χ2n) is 3.52. The molecule has 0 saturated heterocycles. The van der Waals surface area contributed by atoms with E-state index in [1.54, 1.807) is 0 Å². The van der Waals surface area contributed by atoms with Crippen molar-refractivity contribution in [1.82, 2.24) is 10.2 Å². The highest BCUT2D eigenvalue weighted by Gasteiger charge is 2.05. The molecule has 0 fully saturated rings. The Bertz CT molecular complexity index is 407. The molecule has 1 heterocycles. The van der Waals surface area contributed by atoms with Gasteiger partial charge in [-0.05, 0) is 23.6 Å². The summed E-state index contributed by atoms with van der Waals surface area (Å²) >= 11 is 0. The van der Waals surface area contributed by atoms with Crippen molar-refractivity contribution in [2.45, 2.75) is 19.8 Å². The molecule has 0 unspecified atom stereocenters. The van der Waals surface area contributed by atoms with E-state index >= 15 is 0 Å². The standard InChI is InChI=1S/C11H12N2O/c1-8(2)9-4-3-5-10(6-9)11-13-12-7-14-11/h3-8H,1-2H3. The molecule has 1 aromatic heterocycles. The quantitative estimate of drug-likeness (QED) is 0.727. The fourth-order valence-electron chi connectivity index (χ4n) is 1.33. The van der Waals surface area contributed by atoms with Gasteiger partial charge >= 0.3 is 0 Å². The number of hydrogen-bond donors (Lipinski definition) is 0. The molecule has 3 nitrogen and oxygen atoms in total. The monoisotopic (exact) mass is 188 g/mol. The molecular formula is C11H12N2O. The van der Waals surface area contributed by atoms with Crippen LogP contribution in [0.25, 0.3) is 11.5 Å². The van der Waals surface area contributed by atoms with Crippen molar-refractivity contribution in [3.8, 4) is 11.5 Å². The molecular weight excluding hydrogens is 176 g/mol. The van der Waals surface area contributed by atoms with Gasteiger partial charge in [0, 0.05) is 5.56 Å². The van der Waals surface area contributed by atoms with Gasteiger partial charge in [0.1, 0.15) is 0 Å². The first-order valence-electron chi connectivity index (χ1n) is 4.64. The molecule has 1 aromatic carbocycles. The topological polar surface area (TPSA) is 38.9 Å². The number of rotatable bonds is 2. The van der Waals surface area contributed by atoms with Crippen LogP contribution >= 0.6 is 0 Å². The Morgan fingerprint density at radius 2 is 2.14 bits per heavy atom. The van der Waals surface area contributed by atoms with E-state index in [-0.39, 0.29) is 0 Å². The normalized spacial score (nSPS) is 10.8. The fourth-order valence-corrected chi connectivity index (χ4v) is 1.33. The van der Waals surface area contributed by atoms with Gasteiger partial charge in [0.25, 0.3) is 0 Å². The van der Waals surface area contributed by atoms with Gasteiger partial charge < -0.3 is 4.42 Å². The minimum atomic E-state index is 0.512. The van der Waals surface area contributed by atoms with E-state index in [0.717, 1.165) is 5.56 Å². The van der Waals surface area contributed by atoms with Crippen molar-refractivity contribution in [3.05, 3.63) is 36.2 Å². The molecule has 0 bridgehead atoms. The van der Waals surface area contributed by atoms with Crippen LogP contribution in [0, 0.1) is 0 Å². The van der Waals surface area contributed by atoms with Crippen molar-refractivity contribution in [1.29, 1.82) is 0 Å². The Morgan fingerprint density at radius 1 is 1.29 bits per heavy atom. The minimum Gasteiger partial charge on any atom is -0.423 e. The molecule has 0 spiro atoms. The van der Waals surface area contributed by atoms with E-state index in [0.29, 0.717) is 11.8 Å². The maximum Gasteiger partial charge on any atom is 0.247 e. The van der Waals surface area contributed by atoms with Crippen LogP contribution in [0.5, 0.6) is 0 Å². The number of benzene rings is 1. The van der Waals surface area contributed by atoms with Crippen molar-refractivity contribution in [3.63, 3.8) is 0 Å². The predicted octanol–water partition coefficient (Wildman–Crippen LogP) is 2.86. The highest BCUT2D eigenvalue weighted by molar-refractivity contribution is 5.53. The zero-order chi connectivity index (χ0) is 9.97. The average molecular weight is 188 g/mol. The molecule has 0 amide bonds. The molecule has 72 valence electrons. The Balaban J connectivity index is 2.41. The van der Waals surface area contributed by atoms with Crippen molar-refractivity contribution in [2.75, 3.05) is 0 Å². The van der Waals surface area contributed by atoms with E-state index in [4.69, 9.17) is 4.42 Å². The van der Waals surface area contributed by atoms with Crippen molar-refractivity contribution in [2.24, 2.45) is 0 Å². The smallest absolute Gasteiger partial charge is 0.247 e. The minimum absolute atomic E-state index is 0.512. The Labute approximate surface area is 82.8 Å². The van der Waals surface area contributed by atoms with E-state index in [1.165, 1.54) is 12.0 Å². The summed E-state index contributed by atoms with van der Waals surface area (Å²) in [7, 11) is 0. The van der Waals surface area contributed by atoms with E-state index in [1.807, 2.05) is 12.1 Å². The molecule has 2 aromatic rings. The summed E-state index contributed by atoms with van der Waals surface area (Å²) in [5.74, 6) is 1.09. The zero-order valence-electron chi connectivity index (χ0n) is 8.27. The molecule has 2 rings (SSSR count). The lowest BCUT2D eigenvalue weighted by atomic mass is 10.0. The van der Waals surface area contributed by atoms with Crippen LogP contribution in [-0.2, 0) is 0 Å². The summed E-state index contributed by atoms with van der Waals surface area (Å²) in [6.45, 7) is 4.32. The summed E-state index contributed by atoms with van der Waals surface area (Å²) in [5, 5.41) is 7.53. The van der Waals surface area contributed by atoms with Crippen LogP contribution in [0.1, 0.15) is 25.3 Å². The van der Waals surface area contributed by atoms with E-state index < -0.39 is 0 Å². The molecule has 0 saturated carbocycles. The van der Waals surface area contributed by atoms with Crippen LogP contribution in [0.15, 0.2) is 35.1 Å². The zero-order valence-corrected chi connectivity index (χ0v) is 8.27. The van der Waals surface area contributed by atoms with Gasteiger partial charge in [0.2, 0.25) is 12.3 Å². The van der Waals surface area contributed by atoms with Crippen LogP contribution in [0.3, 0.4) is 0 Å². The first-order chi connectivity index (χ1) is 6.77. The summed E-state index contributed by atoms with van der Waals surface area (Å²) < 4.78 is 5.13. The Morgan fingerprint density at radius 3 is 2.79 bits per heavy atom. The highest BCUT2D eigenvalue weighted by atomic mass is 16.4.